The fourth-order valence-electron chi connectivity index (χ4n) is 3.32. The Morgan fingerprint density at radius 3 is 2.28 bits per heavy atom. The second-order valence-corrected chi connectivity index (χ2v) is 6.81. The van der Waals surface area contributed by atoms with Gasteiger partial charge in [0.05, 0.1) is 20.9 Å². The van der Waals surface area contributed by atoms with Gasteiger partial charge in [0.25, 0.3) is 11.4 Å². The Morgan fingerprint density at radius 1 is 0.781 bits per heavy atom. The molecule has 2 aromatic heterocycles. The predicted molar refractivity (Wildman–Crippen MR) is 114 cm³/mol. The number of aromatic nitrogens is 4. The number of benzene rings is 3. The smallest absolute Gasteiger partial charge is 0.271 e. The number of aromatic amines is 1. The molecule has 5 aromatic rings. The number of nitro groups is 2. The maximum atomic E-state index is 11.0. The number of fused-ring (bicyclic) bond motifs is 1. The minimum Gasteiger partial charge on any atom is -0.416 e. The molecule has 0 saturated heterocycles. The van der Waals surface area contributed by atoms with Gasteiger partial charge in [0.15, 0.2) is 0 Å². The van der Waals surface area contributed by atoms with E-state index in [1.54, 1.807) is 36.4 Å². The summed E-state index contributed by atoms with van der Waals surface area (Å²) in [5.41, 5.74) is 2.63. The van der Waals surface area contributed by atoms with E-state index in [2.05, 4.69) is 20.2 Å². The average Bonchev–Trinajstić information content (AvgIpc) is 3.46. The molecule has 156 valence electrons. The molecule has 11 heteroatoms. The molecular formula is C21H12N6O5. The third kappa shape index (κ3) is 3.33. The van der Waals surface area contributed by atoms with Crippen LogP contribution in [0.4, 0.5) is 11.4 Å². The van der Waals surface area contributed by atoms with Gasteiger partial charge in [-0.05, 0) is 18.2 Å². The van der Waals surface area contributed by atoms with Crippen molar-refractivity contribution >= 4 is 22.4 Å². The molecular weight excluding hydrogens is 416 g/mol. The van der Waals surface area contributed by atoms with Crippen molar-refractivity contribution in [2.45, 2.75) is 0 Å². The molecule has 0 spiro atoms. The van der Waals surface area contributed by atoms with Crippen molar-refractivity contribution in [1.29, 1.82) is 0 Å². The van der Waals surface area contributed by atoms with Crippen LogP contribution in [0.1, 0.15) is 0 Å². The number of nitrogens with zero attached hydrogens (tertiary/aromatic N) is 5. The van der Waals surface area contributed by atoms with E-state index in [0.717, 1.165) is 0 Å². The van der Waals surface area contributed by atoms with Gasteiger partial charge < -0.3 is 9.40 Å². The van der Waals surface area contributed by atoms with Gasteiger partial charge in [-0.2, -0.15) is 0 Å². The lowest BCUT2D eigenvalue weighted by atomic mass is 10.1. The molecule has 0 fully saturated rings. The van der Waals surface area contributed by atoms with E-state index in [1.807, 2.05) is 6.07 Å². The predicted octanol–water partition coefficient (Wildman–Crippen LogP) is 4.76. The number of hydrogen-bond acceptors (Lipinski definition) is 8. The van der Waals surface area contributed by atoms with E-state index in [0.29, 0.717) is 33.5 Å². The van der Waals surface area contributed by atoms with Crippen molar-refractivity contribution < 1.29 is 14.3 Å². The van der Waals surface area contributed by atoms with Crippen LogP contribution >= 0.6 is 0 Å². The van der Waals surface area contributed by atoms with Gasteiger partial charge in [-0.15, -0.1) is 10.2 Å². The summed E-state index contributed by atoms with van der Waals surface area (Å²) in [7, 11) is 0. The molecule has 11 nitrogen and oxygen atoms in total. The van der Waals surface area contributed by atoms with Crippen molar-refractivity contribution in [3.05, 3.63) is 87.0 Å². The second kappa shape index (κ2) is 7.40. The maximum Gasteiger partial charge on any atom is 0.271 e. The fourth-order valence-corrected chi connectivity index (χ4v) is 3.32. The number of non-ortho nitro benzene ring substituents is 2. The van der Waals surface area contributed by atoms with Gasteiger partial charge in [-0.25, -0.2) is 4.98 Å². The topological polar surface area (TPSA) is 154 Å². The monoisotopic (exact) mass is 428 g/mol. The van der Waals surface area contributed by atoms with Crippen LogP contribution in [0.15, 0.2) is 71.1 Å². The van der Waals surface area contributed by atoms with Crippen LogP contribution in [0.3, 0.4) is 0 Å². The van der Waals surface area contributed by atoms with Crippen LogP contribution in [0.25, 0.3) is 45.3 Å². The number of H-pyrrole nitrogens is 1. The second-order valence-electron chi connectivity index (χ2n) is 6.81. The van der Waals surface area contributed by atoms with E-state index < -0.39 is 9.85 Å². The highest BCUT2D eigenvalue weighted by atomic mass is 16.6. The number of hydrogen-bond donors (Lipinski definition) is 1. The minimum atomic E-state index is -0.498. The standard InChI is InChI=1S/C21H12N6O5/c28-26(29)13-5-3-4-12(10-13)20-24-25-21(32-20)16-7-2-1-6-15(16)19-22-17-9-8-14(27(30)31)11-18(17)23-19/h1-11H,(H,22,23). The summed E-state index contributed by atoms with van der Waals surface area (Å²) in [5, 5.41) is 30.2. The molecule has 5 rings (SSSR count). The summed E-state index contributed by atoms with van der Waals surface area (Å²) < 4.78 is 5.80. The molecule has 1 N–H and O–H groups in total. The van der Waals surface area contributed by atoms with Gasteiger partial charge in [0.1, 0.15) is 5.82 Å². The van der Waals surface area contributed by atoms with Crippen molar-refractivity contribution in [3.8, 4) is 34.3 Å². The Balaban J connectivity index is 1.56. The largest absolute Gasteiger partial charge is 0.416 e. The number of nitrogens with one attached hydrogen (secondary N) is 1. The first-order valence-corrected chi connectivity index (χ1v) is 9.32. The molecule has 0 bridgehead atoms. The number of imidazole rings is 1. The summed E-state index contributed by atoms with van der Waals surface area (Å²) in [5.74, 6) is 0.818. The average molecular weight is 428 g/mol. The third-order valence-corrected chi connectivity index (χ3v) is 4.82. The molecule has 0 saturated carbocycles. The highest BCUT2D eigenvalue weighted by Gasteiger charge is 2.18. The SMILES string of the molecule is O=[N+]([O-])c1cccc(-c2nnc(-c3ccccc3-c3nc4ccc([N+](=O)[O-])cc4[nH]3)o2)c1. The van der Waals surface area contributed by atoms with E-state index in [1.165, 1.54) is 24.3 Å². The van der Waals surface area contributed by atoms with Gasteiger partial charge in [0, 0.05) is 41.0 Å². The van der Waals surface area contributed by atoms with Crippen LogP contribution in [0, 0.1) is 20.2 Å². The molecule has 0 atom stereocenters. The molecule has 0 amide bonds. The fraction of sp³-hybridized carbons (Fsp3) is 0. The lowest BCUT2D eigenvalue weighted by Gasteiger charge is -2.02. The molecule has 0 aliphatic rings. The lowest BCUT2D eigenvalue weighted by molar-refractivity contribution is -0.384. The van der Waals surface area contributed by atoms with Gasteiger partial charge in [-0.3, -0.25) is 20.2 Å². The van der Waals surface area contributed by atoms with Crippen molar-refractivity contribution in [2.24, 2.45) is 0 Å². The molecule has 0 aliphatic heterocycles. The van der Waals surface area contributed by atoms with Gasteiger partial charge >= 0.3 is 0 Å². The highest BCUT2D eigenvalue weighted by Crippen LogP contribution is 2.33. The van der Waals surface area contributed by atoms with Crippen LogP contribution in [-0.2, 0) is 0 Å². The highest BCUT2D eigenvalue weighted by molar-refractivity contribution is 5.85. The van der Waals surface area contributed by atoms with Crippen LogP contribution in [-0.4, -0.2) is 30.0 Å². The molecule has 0 unspecified atom stereocenters. The number of rotatable bonds is 5. The maximum absolute atomic E-state index is 11.0. The van der Waals surface area contributed by atoms with Crippen molar-refractivity contribution in [3.63, 3.8) is 0 Å². The first-order valence-electron chi connectivity index (χ1n) is 9.32. The summed E-state index contributed by atoms with van der Waals surface area (Å²) in [4.78, 5) is 28.7. The van der Waals surface area contributed by atoms with E-state index in [9.17, 15) is 20.2 Å². The summed E-state index contributed by atoms with van der Waals surface area (Å²) in [6.07, 6.45) is 0. The zero-order chi connectivity index (χ0) is 22.2. The summed E-state index contributed by atoms with van der Waals surface area (Å²) >= 11 is 0. The van der Waals surface area contributed by atoms with Crippen molar-refractivity contribution in [2.75, 3.05) is 0 Å². The molecule has 2 heterocycles. The van der Waals surface area contributed by atoms with Crippen LogP contribution in [0.2, 0.25) is 0 Å². The Labute approximate surface area is 178 Å². The summed E-state index contributed by atoms with van der Waals surface area (Å²) in [6, 6.07) is 17.5. The molecule has 0 aliphatic carbocycles. The Hall–Kier alpha value is -4.93. The zero-order valence-electron chi connectivity index (χ0n) is 16.1. The minimum absolute atomic E-state index is 0.0421. The third-order valence-electron chi connectivity index (χ3n) is 4.82. The molecule has 32 heavy (non-hydrogen) atoms. The zero-order valence-corrected chi connectivity index (χ0v) is 16.1. The van der Waals surface area contributed by atoms with E-state index in [-0.39, 0.29) is 23.2 Å². The van der Waals surface area contributed by atoms with Crippen LogP contribution < -0.4 is 0 Å². The quantitative estimate of drug-likeness (QED) is 0.310. The van der Waals surface area contributed by atoms with Crippen molar-refractivity contribution in [1.82, 2.24) is 20.2 Å². The lowest BCUT2D eigenvalue weighted by Crippen LogP contribution is -1.88. The van der Waals surface area contributed by atoms with E-state index >= 15 is 0 Å². The normalized spacial score (nSPS) is 11.0. The Kier molecular flexibility index (Phi) is 4.40. The van der Waals surface area contributed by atoms with Gasteiger partial charge in [-0.1, -0.05) is 24.3 Å². The summed E-state index contributed by atoms with van der Waals surface area (Å²) in [6.45, 7) is 0. The van der Waals surface area contributed by atoms with E-state index in [4.69, 9.17) is 4.42 Å². The molecule has 3 aromatic carbocycles. The number of nitro benzene ring substituents is 2. The van der Waals surface area contributed by atoms with Crippen LogP contribution in [0.5, 0.6) is 0 Å². The first kappa shape index (κ1) is 19.1. The first-order chi connectivity index (χ1) is 15.5. The molecule has 0 radical (unpaired) electrons. The van der Waals surface area contributed by atoms with Gasteiger partial charge in [0.2, 0.25) is 11.8 Å². The Bertz CT molecular complexity index is 1510. The Morgan fingerprint density at radius 2 is 1.50 bits per heavy atom.